The molecule has 3 aliphatic carbocycles. The number of hydrogen-bond acceptors (Lipinski definition) is 12. The number of nitrogens with one attached hydrogen (secondary N) is 5. The van der Waals surface area contributed by atoms with Crippen LogP contribution < -0.4 is 43.8 Å². The van der Waals surface area contributed by atoms with Crippen molar-refractivity contribution in [2.75, 3.05) is 32.6 Å². The van der Waals surface area contributed by atoms with Crippen molar-refractivity contribution in [1.82, 2.24) is 31.6 Å². The van der Waals surface area contributed by atoms with Crippen LogP contribution in [0.5, 0.6) is 0 Å². The van der Waals surface area contributed by atoms with Crippen molar-refractivity contribution in [3.8, 4) is 11.3 Å². The Morgan fingerprint density at radius 2 is 1.56 bits per heavy atom. The van der Waals surface area contributed by atoms with Gasteiger partial charge in [0.05, 0.1) is 55.1 Å². The standard InChI is InChI=1S/C22H29N3O3.C10H17BN2O3.C9H19N3O2.C7H14.C2H7N/c1-4-5-6-17-7-9-18(10-8-17)20-12-11-19(13-23-20)22(28)24-14-21(27)25-15(2)16(3)26;1-10(12)6-2-7(10)9-8(3-6)15-11(16-9)4-13-5-14;1-8(4-2-3-5-10)12-9(14)6-11-7-13;1-3-5-7-6-4-2;1-2-3/h7-13,15-16,26H,4-6,14H2,1-3H3,(H,24,28)(H,25,27);5-9H,2-4,12H2,1H3,(H,13,14);7-8H,2-6,10H2,1H3,(H,11,13)(H,12,14);3,5H,4,6-7H2,1-2H3;2-3H2,1H3/b;;;5-3+;. The third kappa shape index (κ3) is 23.5. The maximum absolute atomic E-state index is 12.2. The van der Waals surface area contributed by atoms with Crippen molar-refractivity contribution in [3.63, 3.8) is 0 Å². The molecule has 68 heavy (non-hydrogen) atoms. The number of aromatic nitrogens is 1. The van der Waals surface area contributed by atoms with Gasteiger partial charge in [0.15, 0.2) is 0 Å². The Balaban J connectivity index is 0.000000490. The lowest BCUT2D eigenvalue weighted by Crippen LogP contribution is -2.69. The average molecular weight is 952 g/mol. The van der Waals surface area contributed by atoms with Crippen LogP contribution in [0, 0.1) is 11.8 Å². The Morgan fingerprint density at radius 1 is 0.897 bits per heavy atom. The summed E-state index contributed by atoms with van der Waals surface area (Å²) in [5.74, 6) is 0.110. The minimum absolute atomic E-state index is 0.0464. The number of benzene rings is 1. The van der Waals surface area contributed by atoms with Gasteiger partial charge < -0.3 is 58.2 Å². The first-order valence-corrected chi connectivity index (χ1v) is 24.6. The second-order valence-electron chi connectivity index (χ2n) is 17.8. The number of carbonyl (C=O) groups is 5. The molecule has 382 valence electrons. The van der Waals surface area contributed by atoms with E-state index in [-0.39, 0.29) is 67.8 Å². The minimum atomic E-state index is -0.655. The van der Waals surface area contributed by atoms with E-state index in [0.717, 1.165) is 56.3 Å². The van der Waals surface area contributed by atoms with Gasteiger partial charge in [-0.15, -0.1) is 0 Å². The molecule has 17 nitrogen and oxygen atoms in total. The van der Waals surface area contributed by atoms with E-state index < -0.39 is 6.10 Å². The topological polar surface area (TPSA) is 275 Å². The van der Waals surface area contributed by atoms with E-state index in [4.69, 9.17) is 26.5 Å². The monoisotopic (exact) mass is 952 g/mol. The molecule has 5 amide bonds. The van der Waals surface area contributed by atoms with E-state index in [0.29, 0.717) is 43.2 Å². The fraction of sp³-hybridized carbons (Fsp3) is 0.640. The summed E-state index contributed by atoms with van der Waals surface area (Å²) >= 11 is 0. The van der Waals surface area contributed by atoms with E-state index in [2.05, 4.69) is 83.5 Å². The van der Waals surface area contributed by atoms with Crippen LogP contribution in [-0.2, 0) is 34.9 Å². The van der Waals surface area contributed by atoms with Gasteiger partial charge in [-0.1, -0.05) is 82.9 Å². The van der Waals surface area contributed by atoms with Crippen LogP contribution in [-0.4, -0.2) is 116 Å². The van der Waals surface area contributed by atoms with Crippen LogP contribution in [0.4, 0.5) is 0 Å². The summed E-state index contributed by atoms with van der Waals surface area (Å²) in [6.45, 7) is 17.0. The van der Waals surface area contributed by atoms with E-state index in [1.54, 1.807) is 26.0 Å². The number of amides is 5. The van der Waals surface area contributed by atoms with Crippen LogP contribution in [0.2, 0.25) is 0 Å². The van der Waals surface area contributed by atoms with Gasteiger partial charge in [0, 0.05) is 29.3 Å². The van der Waals surface area contributed by atoms with Gasteiger partial charge in [-0.3, -0.25) is 29.0 Å². The van der Waals surface area contributed by atoms with Gasteiger partial charge in [-0.25, -0.2) is 0 Å². The lowest BCUT2D eigenvalue weighted by atomic mass is 9.51. The Kier molecular flexibility index (Phi) is 31.9. The smallest absolute Gasteiger partial charge is 0.405 e. The minimum Gasteiger partial charge on any atom is -0.405 e. The fourth-order valence-corrected chi connectivity index (χ4v) is 7.65. The number of nitrogens with two attached hydrogens (primary N) is 3. The van der Waals surface area contributed by atoms with Crippen LogP contribution in [0.3, 0.4) is 0 Å². The summed E-state index contributed by atoms with van der Waals surface area (Å²) < 4.78 is 11.6. The SMILES string of the molecule is C/C=C/CCCC.CC(CCCCN)NC(=O)CNC=O.CC1(N)C2CC3OB(CNC=O)OC3C1C2.CCCCc1ccc(-c2ccc(C(=O)NCC(=O)NC(C)C(C)O)cn2)cc1.CCN. The highest BCUT2D eigenvalue weighted by molar-refractivity contribution is 6.45. The summed E-state index contributed by atoms with van der Waals surface area (Å²) in [5, 5.41) is 22.2. The lowest BCUT2D eigenvalue weighted by molar-refractivity contribution is -0.122. The molecule has 3 saturated carbocycles. The van der Waals surface area contributed by atoms with E-state index in [9.17, 15) is 29.1 Å². The zero-order valence-corrected chi connectivity index (χ0v) is 42.3. The second kappa shape index (κ2) is 35.4. The third-order valence-electron chi connectivity index (χ3n) is 11.9. The number of pyridine rings is 1. The Morgan fingerprint density at radius 3 is 2.12 bits per heavy atom. The highest BCUT2D eigenvalue weighted by atomic mass is 16.7. The first kappa shape index (κ1) is 61.3. The number of allylic oxidation sites excluding steroid dienone is 2. The van der Waals surface area contributed by atoms with Crippen molar-refractivity contribution < 1.29 is 38.4 Å². The molecule has 8 atom stereocenters. The van der Waals surface area contributed by atoms with E-state index >= 15 is 0 Å². The molecular formula is C50H86BN9O8. The Bertz CT molecular complexity index is 1740. The molecule has 6 rings (SSSR count). The molecule has 2 bridgehead atoms. The van der Waals surface area contributed by atoms with Gasteiger partial charge in [-0.05, 0) is 116 Å². The fourth-order valence-electron chi connectivity index (χ4n) is 7.65. The molecule has 0 spiro atoms. The van der Waals surface area contributed by atoms with E-state index in [1.165, 1.54) is 43.9 Å². The quantitative estimate of drug-likeness (QED) is 0.0330. The summed E-state index contributed by atoms with van der Waals surface area (Å²) in [4.78, 5) is 59.5. The summed E-state index contributed by atoms with van der Waals surface area (Å²) in [6, 6.07) is 11.6. The molecule has 1 aliphatic heterocycles. The van der Waals surface area contributed by atoms with Crippen molar-refractivity contribution in [2.24, 2.45) is 29.0 Å². The van der Waals surface area contributed by atoms with Crippen LogP contribution >= 0.6 is 0 Å². The molecule has 1 saturated heterocycles. The van der Waals surface area contributed by atoms with Crippen LogP contribution in [0.25, 0.3) is 11.3 Å². The lowest BCUT2D eigenvalue weighted by Gasteiger charge is -2.59. The predicted molar refractivity (Wildman–Crippen MR) is 272 cm³/mol. The van der Waals surface area contributed by atoms with Gasteiger partial charge in [-0.2, -0.15) is 0 Å². The number of aliphatic hydroxyl groups is 1. The molecule has 12 N–H and O–H groups in total. The predicted octanol–water partition coefficient (Wildman–Crippen LogP) is 4.09. The van der Waals surface area contributed by atoms with Crippen LogP contribution in [0.1, 0.15) is 136 Å². The molecule has 18 heteroatoms. The number of rotatable bonds is 23. The number of carbonyl (C=O) groups excluding carboxylic acids is 5. The highest BCUT2D eigenvalue weighted by Gasteiger charge is 2.62. The summed E-state index contributed by atoms with van der Waals surface area (Å²) in [6.07, 6.45) is 19.5. The largest absolute Gasteiger partial charge is 0.478 e. The van der Waals surface area contributed by atoms with Gasteiger partial charge in [0.25, 0.3) is 5.91 Å². The highest BCUT2D eigenvalue weighted by Crippen LogP contribution is 2.55. The summed E-state index contributed by atoms with van der Waals surface area (Å²) in [7, 11) is -0.296. The molecule has 8 unspecified atom stereocenters. The number of aliphatic hydroxyl groups excluding tert-OH is 1. The second-order valence-corrected chi connectivity index (χ2v) is 17.8. The number of aryl methyl sites for hydroxylation is 1. The molecular weight excluding hydrogens is 865 g/mol. The molecule has 2 aromatic rings. The van der Waals surface area contributed by atoms with Gasteiger partial charge in [0.2, 0.25) is 24.6 Å². The maximum Gasteiger partial charge on any atom is 0.478 e. The summed E-state index contributed by atoms with van der Waals surface area (Å²) in [5.41, 5.74) is 19.9. The molecule has 1 aromatic carbocycles. The molecule has 2 heterocycles. The van der Waals surface area contributed by atoms with Gasteiger partial charge >= 0.3 is 7.12 Å². The zero-order valence-electron chi connectivity index (χ0n) is 42.3. The third-order valence-corrected chi connectivity index (χ3v) is 11.9. The Labute approximate surface area is 407 Å². The van der Waals surface area contributed by atoms with Crippen molar-refractivity contribution in [2.45, 2.75) is 162 Å². The zero-order chi connectivity index (χ0) is 50.9. The molecule has 4 fully saturated rings. The van der Waals surface area contributed by atoms with E-state index in [1.807, 2.05) is 26.0 Å². The van der Waals surface area contributed by atoms with Crippen molar-refractivity contribution >= 4 is 37.7 Å². The van der Waals surface area contributed by atoms with Crippen molar-refractivity contribution in [3.05, 3.63) is 65.9 Å². The molecule has 4 aliphatic rings. The number of nitrogens with zero attached hydrogens (tertiary/aromatic N) is 1. The van der Waals surface area contributed by atoms with Gasteiger partial charge in [0.1, 0.15) is 0 Å². The maximum atomic E-state index is 12.2. The first-order chi connectivity index (χ1) is 32.6. The normalized spacial score (nSPS) is 20.7. The molecule has 1 aromatic heterocycles. The number of unbranched alkanes of at least 4 members (excludes halogenated alkanes) is 4. The Hall–Kier alpha value is -4.72. The molecule has 0 radical (unpaired) electrons. The van der Waals surface area contributed by atoms with Crippen LogP contribution in [0.15, 0.2) is 54.7 Å². The average Bonchev–Trinajstić information content (AvgIpc) is 3.76. The number of hydrogen-bond donors (Lipinski definition) is 9. The van der Waals surface area contributed by atoms with Crippen molar-refractivity contribution in [1.29, 1.82) is 0 Å². The first-order valence-electron chi connectivity index (χ1n) is 24.6.